The zero-order valence-corrected chi connectivity index (χ0v) is 14.0. The summed E-state index contributed by atoms with van der Waals surface area (Å²) < 4.78 is 1.17. The number of aliphatic hydroxyl groups is 1. The summed E-state index contributed by atoms with van der Waals surface area (Å²) in [6, 6.07) is 6.59. The molecular formula is C16H25BrN2O. The summed E-state index contributed by atoms with van der Waals surface area (Å²) in [6.07, 6.45) is 2.03. The molecule has 2 unspecified atom stereocenters. The molecule has 2 rings (SSSR count). The molecule has 3 nitrogen and oxygen atoms in total. The van der Waals surface area contributed by atoms with Crippen molar-refractivity contribution in [2.24, 2.45) is 5.92 Å². The maximum absolute atomic E-state index is 9.69. The van der Waals surface area contributed by atoms with Crippen LogP contribution in [0.25, 0.3) is 0 Å². The van der Waals surface area contributed by atoms with Gasteiger partial charge in [-0.25, -0.2) is 0 Å². The van der Waals surface area contributed by atoms with Gasteiger partial charge >= 0.3 is 0 Å². The molecule has 2 N–H and O–H groups in total. The molecule has 1 aliphatic rings. The summed E-state index contributed by atoms with van der Waals surface area (Å²) in [5.41, 5.74) is 2.55. The zero-order chi connectivity index (χ0) is 14.5. The second-order valence-electron chi connectivity index (χ2n) is 5.69. The van der Waals surface area contributed by atoms with Gasteiger partial charge in [-0.2, -0.15) is 0 Å². The number of nitrogens with zero attached hydrogens (tertiary/aromatic N) is 1. The number of rotatable bonds is 6. The number of hydrogen-bond donors (Lipinski definition) is 2. The summed E-state index contributed by atoms with van der Waals surface area (Å²) in [6.45, 7) is 8.03. The summed E-state index contributed by atoms with van der Waals surface area (Å²) in [4.78, 5) is 2.37. The molecule has 0 spiro atoms. The maximum atomic E-state index is 9.69. The van der Waals surface area contributed by atoms with Crippen molar-refractivity contribution >= 4 is 21.6 Å². The second kappa shape index (κ2) is 7.43. The summed E-state index contributed by atoms with van der Waals surface area (Å²) in [5.74, 6) is 0.402. The lowest BCUT2D eigenvalue weighted by Gasteiger charge is -2.20. The van der Waals surface area contributed by atoms with Gasteiger partial charge in [0.2, 0.25) is 0 Å². The molecule has 0 saturated carbocycles. The van der Waals surface area contributed by atoms with Crippen molar-refractivity contribution in [3.05, 3.63) is 28.2 Å². The topological polar surface area (TPSA) is 35.5 Å². The minimum Gasteiger partial charge on any atom is -0.393 e. The molecule has 0 radical (unpaired) electrons. The van der Waals surface area contributed by atoms with Crippen molar-refractivity contribution in [3.63, 3.8) is 0 Å². The normalized spacial score (nSPS) is 20.4. The molecule has 0 aliphatic carbocycles. The lowest BCUT2D eigenvalue weighted by atomic mass is 10.0. The van der Waals surface area contributed by atoms with Crippen molar-refractivity contribution in [1.82, 2.24) is 5.32 Å². The van der Waals surface area contributed by atoms with Crippen LogP contribution in [0.2, 0.25) is 0 Å². The molecule has 2 atom stereocenters. The first-order valence-electron chi connectivity index (χ1n) is 7.54. The van der Waals surface area contributed by atoms with Gasteiger partial charge in [-0.1, -0.05) is 28.9 Å². The molecule has 1 aliphatic heterocycles. The Morgan fingerprint density at radius 1 is 1.50 bits per heavy atom. The molecule has 0 aromatic heterocycles. The fourth-order valence-electron chi connectivity index (χ4n) is 2.69. The fraction of sp³-hybridized carbons (Fsp3) is 0.625. The Hall–Kier alpha value is -0.580. The molecular weight excluding hydrogens is 316 g/mol. The fourth-order valence-corrected chi connectivity index (χ4v) is 3.20. The first-order valence-corrected chi connectivity index (χ1v) is 8.33. The van der Waals surface area contributed by atoms with E-state index < -0.39 is 0 Å². The van der Waals surface area contributed by atoms with Crippen LogP contribution in [0.3, 0.4) is 0 Å². The van der Waals surface area contributed by atoms with Crippen LogP contribution in [-0.2, 0) is 6.54 Å². The minimum atomic E-state index is -0.207. The van der Waals surface area contributed by atoms with Crippen LogP contribution in [0.1, 0.15) is 32.3 Å². The van der Waals surface area contributed by atoms with Crippen molar-refractivity contribution < 1.29 is 5.11 Å². The standard InChI is InChI=1S/C16H25BrN2O/c1-3-7-18-10-13-4-5-15(9-16(13)17)19-8-6-14(11-19)12(2)20/h4-5,9,12,14,18,20H,3,6-8,10-11H2,1-2H3. The highest BCUT2D eigenvalue weighted by Gasteiger charge is 2.26. The average Bonchev–Trinajstić information content (AvgIpc) is 2.90. The Bertz CT molecular complexity index is 436. The van der Waals surface area contributed by atoms with Crippen LogP contribution in [-0.4, -0.2) is 30.8 Å². The number of benzene rings is 1. The Labute approximate surface area is 130 Å². The van der Waals surface area contributed by atoms with Crippen molar-refractivity contribution in [2.45, 2.75) is 39.3 Å². The van der Waals surface area contributed by atoms with Crippen LogP contribution in [0.5, 0.6) is 0 Å². The Morgan fingerprint density at radius 3 is 2.90 bits per heavy atom. The average molecular weight is 341 g/mol. The van der Waals surface area contributed by atoms with E-state index in [0.29, 0.717) is 5.92 Å². The van der Waals surface area contributed by atoms with Gasteiger partial charge in [0.25, 0.3) is 0 Å². The zero-order valence-electron chi connectivity index (χ0n) is 12.4. The highest BCUT2D eigenvalue weighted by molar-refractivity contribution is 9.10. The third-order valence-electron chi connectivity index (χ3n) is 4.05. The van der Waals surface area contributed by atoms with Crippen LogP contribution in [0.4, 0.5) is 5.69 Å². The maximum Gasteiger partial charge on any atom is 0.0557 e. The molecule has 1 aromatic rings. The van der Waals surface area contributed by atoms with Crippen LogP contribution >= 0.6 is 15.9 Å². The van der Waals surface area contributed by atoms with Gasteiger partial charge in [0, 0.05) is 35.7 Å². The minimum absolute atomic E-state index is 0.207. The van der Waals surface area contributed by atoms with E-state index in [9.17, 15) is 5.11 Å². The van der Waals surface area contributed by atoms with E-state index in [-0.39, 0.29) is 6.10 Å². The molecule has 1 heterocycles. The summed E-state index contributed by atoms with van der Waals surface area (Å²) in [7, 11) is 0. The predicted octanol–water partition coefficient (Wildman–Crippen LogP) is 3.16. The highest BCUT2D eigenvalue weighted by Crippen LogP contribution is 2.29. The molecule has 0 bridgehead atoms. The highest BCUT2D eigenvalue weighted by atomic mass is 79.9. The van der Waals surface area contributed by atoms with Gasteiger partial charge in [0.15, 0.2) is 0 Å². The lowest BCUT2D eigenvalue weighted by molar-refractivity contribution is 0.136. The van der Waals surface area contributed by atoms with Crippen LogP contribution < -0.4 is 10.2 Å². The van der Waals surface area contributed by atoms with E-state index in [0.717, 1.165) is 39.0 Å². The van der Waals surface area contributed by atoms with Crippen molar-refractivity contribution in [1.29, 1.82) is 0 Å². The van der Waals surface area contributed by atoms with Crippen molar-refractivity contribution in [3.8, 4) is 0 Å². The smallest absolute Gasteiger partial charge is 0.0557 e. The molecule has 1 fully saturated rings. The van der Waals surface area contributed by atoms with Gasteiger partial charge in [-0.15, -0.1) is 0 Å². The first-order chi connectivity index (χ1) is 9.61. The Balaban J connectivity index is 1.98. The largest absolute Gasteiger partial charge is 0.393 e. The SMILES string of the molecule is CCCNCc1ccc(N2CCC(C(C)O)C2)cc1Br. The molecule has 4 heteroatoms. The number of nitrogens with one attached hydrogen (secondary N) is 1. The molecule has 1 saturated heterocycles. The number of hydrogen-bond acceptors (Lipinski definition) is 3. The van der Waals surface area contributed by atoms with E-state index >= 15 is 0 Å². The van der Waals surface area contributed by atoms with E-state index in [2.05, 4.69) is 51.3 Å². The van der Waals surface area contributed by atoms with Gasteiger partial charge in [-0.3, -0.25) is 0 Å². The summed E-state index contributed by atoms with van der Waals surface area (Å²) in [5, 5.41) is 13.1. The van der Waals surface area contributed by atoms with E-state index in [1.54, 1.807) is 0 Å². The molecule has 112 valence electrons. The third kappa shape index (κ3) is 3.96. The molecule has 20 heavy (non-hydrogen) atoms. The lowest BCUT2D eigenvalue weighted by Crippen LogP contribution is -2.24. The predicted molar refractivity (Wildman–Crippen MR) is 88.1 cm³/mol. The number of halogens is 1. The quantitative estimate of drug-likeness (QED) is 0.781. The van der Waals surface area contributed by atoms with Crippen LogP contribution in [0.15, 0.2) is 22.7 Å². The second-order valence-corrected chi connectivity index (χ2v) is 6.54. The first kappa shape index (κ1) is 15.8. The molecule has 0 amide bonds. The Morgan fingerprint density at radius 2 is 2.30 bits per heavy atom. The van der Waals surface area contributed by atoms with E-state index in [4.69, 9.17) is 0 Å². The third-order valence-corrected chi connectivity index (χ3v) is 4.79. The van der Waals surface area contributed by atoms with Gasteiger partial charge in [-0.05, 0) is 44.0 Å². The van der Waals surface area contributed by atoms with Gasteiger partial charge in [0.05, 0.1) is 6.10 Å². The van der Waals surface area contributed by atoms with Gasteiger partial charge < -0.3 is 15.3 Å². The number of anilines is 1. The van der Waals surface area contributed by atoms with Crippen molar-refractivity contribution in [2.75, 3.05) is 24.5 Å². The molecule has 1 aromatic carbocycles. The summed E-state index contributed by atoms with van der Waals surface area (Å²) >= 11 is 3.67. The monoisotopic (exact) mass is 340 g/mol. The van der Waals surface area contributed by atoms with Gasteiger partial charge in [0.1, 0.15) is 0 Å². The Kier molecular flexibility index (Phi) is 5.87. The van der Waals surface area contributed by atoms with E-state index in [1.807, 2.05) is 6.92 Å². The van der Waals surface area contributed by atoms with Crippen LogP contribution in [0, 0.1) is 5.92 Å². The van der Waals surface area contributed by atoms with E-state index in [1.165, 1.54) is 15.7 Å². The number of aliphatic hydroxyl groups excluding tert-OH is 1.